The van der Waals surface area contributed by atoms with E-state index < -0.39 is 30.3 Å². The Bertz CT molecular complexity index is 1590. The summed E-state index contributed by atoms with van der Waals surface area (Å²) in [5.74, 6) is 0.448. The third-order valence-electron chi connectivity index (χ3n) is 10.2. The van der Waals surface area contributed by atoms with Gasteiger partial charge in [0.15, 0.2) is 23.5 Å². The number of nitrogen functional groups attached to an aromatic ring is 1. The molecular weight excluding hydrogens is 705 g/mol. The molecule has 0 aliphatic carbocycles. The number of anilines is 1. The van der Waals surface area contributed by atoms with E-state index in [1.807, 2.05) is 25.6 Å². The van der Waals surface area contributed by atoms with Crippen LogP contribution in [0.5, 0.6) is 0 Å². The molecule has 4 saturated heterocycles. The number of rotatable bonds is 20. The summed E-state index contributed by atoms with van der Waals surface area (Å²) in [4.78, 5) is 61.3. The average molecular weight is 759 g/mol. The van der Waals surface area contributed by atoms with Crippen LogP contribution in [0.3, 0.4) is 0 Å². The normalized spacial score (nSPS) is 26.9. The second-order valence-corrected chi connectivity index (χ2v) is 16.0. The lowest BCUT2D eigenvalue weighted by molar-refractivity contribution is -0.195. The molecule has 0 spiro atoms. The summed E-state index contributed by atoms with van der Waals surface area (Å²) in [6.45, 7) is 5.17. The van der Waals surface area contributed by atoms with E-state index in [9.17, 15) is 19.2 Å². The van der Waals surface area contributed by atoms with Crippen LogP contribution in [0.25, 0.3) is 11.2 Å². The third-order valence-corrected chi connectivity index (χ3v) is 11.7. The van der Waals surface area contributed by atoms with Gasteiger partial charge in [0.2, 0.25) is 17.7 Å². The lowest BCUT2D eigenvalue weighted by Gasteiger charge is -2.25. The maximum Gasteiger partial charge on any atom is 0.315 e. The molecule has 5 amide bonds. The first-order valence-electron chi connectivity index (χ1n) is 19.0. The van der Waals surface area contributed by atoms with Gasteiger partial charge in [-0.25, -0.2) is 19.7 Å². The molecule has 292 valence electrons. The quantitative estimate of drug-likeness (QED) is 0.0843. The molecule has 4 fully saturated rings. The highest BCUT2D eigenvalue weighted by Crippen LogP contribution is 2.43. The first kappa shape index (κ1) is 39.0. The summed E-state index contributed by atoms with van der Waals surface area (Å²) in [7, 11) is 0. The van der Waals surface area contributed by atoms with Crippen molar-refractivity contribution in [2.24, 2.45) is 0 Å². The Labute approximate surface area is 313 Å². The van der Waals surface area contributed by atoms with Gasteiger partial charge in [0, 0.05) is 49.9 Å². The Morgan fingerprint density at radius 3 is 2.26 bits per heavy atom. The van der Waals surface area contributed by atoms with Crippen LogP contribution in [-0.4, -0.2) is 110 Å². The molecule has 18 heteroatoms. The van der Waals surface area contributed by atoms with Crippen molar-refractivity contribution in [3.63, 3.8) is 0 Å². The number of nitrogens with one attached hydrogen (secondary N) is 5. The van der Waals surface area contributed by atoms with Crippen molar-refractivity contribution in [3.8, 4) is 0 Å². The monoisotopic (exact) mass is 758 g/mol. The van der Waals surface area contributed by atoms with Crippen LogP contribution in [0, 0.1) is 0 Å². The number of nitrogens with zero attached hydrogens (tertiary/aromatic N) is 4. The number of fused-ring (bicyclic) bond motifs is 3. The second-order valence-electron chi connectivity index (χ2n) is 14.7. The average Bonchev–Trinajstić information content (AvgIpc) is 3.93. The van der Waals surface area contributed by atoms with Crippen LogP contribution < -0.4 is 32.3 Å². The molecule has 0 aromatic carbocycles. The smallest absolute Gasteiger partial charge is 0.315 e. The molecule has 0 radical (unpaired) electrons. The number of imidazole rings is 1. The molecule has 17 nitrogen and oxygen atoms in total. The molecule has 7 N–H and O–H groups in total. The van der Waals surface area contributed by atoms with Crippen molar-refractivity contribution in [3.05, 3.63) is 12.7 Å². The van der Waals surface area contributed by atoms with Crippen molar-refractivity contribution in [1.82, 2.24) is 46.1 Å². The van der Waals surface area contributed by atoms with Gasteiger partial charge in [-0.15, -0.1) is 0 Å². The Balaban J connectivity index is 0.758. The lowest BCUT2D eigenvalue weighted by Crippen LogP contribution is -2.39. The van der Waals surface area contributed by atoms with Crippen molar-refractivity contribution in [2.45, 2.75) is 139 Å². The molecule has 53 heavy (non-hydrogen) atoms. The zero-order chi connectivity index (χ0) is 37.4. The molecule has 2 aromatic rings. The van der Waals surface area contributed by atoms with Gasteiger partial charge >= 0.3 is 6.03 Å². The number of thioether (sulfide) groups is 1. The molecule has 0 saturated carbocycles. The number of hydrogen-bond acceptors (Lipinski definition) is 12. The van der Waals surface area contributed by atoms with E-state index in [-0.39, 0.29) is 48.2 Å². The first-order chi connectivity index (χ1) is 25.6. The number of amides is 5. The molecule has 6 heterocycles. The van der Waals surface area contributed by atoms with Crippen LogP contribution in [0.1, 0.15) is 97.1 Å². The highest BCUT2D eigenvalue weighted by molar-refractivity contribution is 8.00. The van der Waals surface area contributed by atoms with E-state index in [4.69, 9.17) is 19.9 Å². The summed E-state index contributed by atoms with van der Waals surface area (Å²) in [5.41, 5.74) is 6.98. The maximum atomic E-state index is 12.7. The Morgan fingerprint density at radius 1 is 0.887 bits per heavy atom. The Kier molecular flexibility index (Phi) is 13.3. The zero-order valence-electron chi connectivity index (χ0n) is 30.6. The highest BCUT2D eigenvalue weighted by atomic mass is 32.2. The van der Waals surface area contributed by atoms with Gasteiger partial charge in [-0.3, -0.25) is 19.0 Å². The molecule has 7 atom stereocenters. The molecule has 2 aromatic heterocycles. The van der Waals surface area contributed by atoms with E-state index in [1.165, 1.54) is 6.33 Å². The fourth-order valence-corrected chi connectivity index (χ4v) is 9.03. The van der Waals surface area contributed by atoms with Crippen molar-refractivity contribution in [1.29, 1.82) is 0 Å². The van der Waals surface area contributed by atoms with Crippen LogP contribution in [0.4, 0.5) is 10.6 Å². The largest absolute Gasteiger partial charge is 0.382 e. The number of urea groups is 1. The summed E-state index contributed by atoms with van der Waals surface area (Å²) in [6, 6.07) is 0.383. The van der Waals surface area contributed by atoms with Gasteiger partial charge in [-0.1, -0.05) is 19.3 Å². The predicted octanol–water partition coefficient (Wildman–Crippen LogP) is 2.02. The number of nitrogens with two attached hydrogens (primary N) is 1. The number of ether oxygens (including phenoxy) is 3. The van der Waals surface area contributed by atoms with E-state index in [0.29, 0.717) is 55.2 Å². The highest BCUT2D eigenvalue weighted by Gasteiger charge is 2.56. The summed E-state index contributed by atoms with van der Waals surface area (Å²) >= 11 is 1.90. The van der Waals surface area contributed by atoms with Crippen molar-refractivity contribution < 1.29 is 33.4 Å². The van der Waals surface area contributed by atoms with E-state index in [2.05, 4.69) is 41.5 Å². The summed E-state index contributed by atoms with van der Waals surface area (Å²) < 4.78 is 20.5. The minimum absolute atomic E-state index is 0.0283. The molecule has 4 aliphatic heterocycles. The maximum absolute atomic E-state index is 12.7. The number of unbranched alkanes of at least 4 members (excludes halogenated alkanes) is 5. The molecule has 1 unspecified atom stereocenters. The molecular formula is C35H54N10O7S. The van der Waals surface area contributed by atoms with Gasteiger partial charge in [0.25, 0.3) is 0 Å². The zero-order valence-corrected chi connectivity index (χ0v) is 31.5. The minimum atomic E-state index is -0.810. The fourth-order valence-electron chi connectivity index (χ4n) is 7.49. The topological polar surface area (TPSA) is 226 Å². The number of carbonyl (C=O) groups is 4. The third kappa shape index (κ3) is 10.3. The van der Waals surface area contributed by atoms with Crippen LogP contribution in [0.15, 0.2) is 12.7 Å². The van der Waals surface area contributed by atoms with Gasteiger partial charge in [0.05, 0.1) is 18.4 Å². The number of aromatic nitrogens is 4. The minimum Gasteiger partial charge on any atom is -0.382 e. The Morgan fingerprint density at radius 2 is 1.55 bits per heavy atom. The van der Waals surface area contributed by atoms with E-state index in [1.54, 1.807) is 10.9 Å². The second kappa shape index (κ2) is 18.1. The molecule has 0 bridgehead atoms. The Hall–Kier alpha value is -3.74. The van der Waals surface area contributed by atoms with Gasteiger partial charge < -0.3 is 46.5 Å². The van der Waals surface area contributed by atoms with E-state index >= 15 is 0 Å². The fraction of sp³-hybridized carbons (Fsp3) is 0.743. The van der Waals surface area contributed by atoms with Gasteiger partial charge in [-0.05, 0) is 52.4 Å². The van der Waals surface area contributed by atoms with Gasteiger partial charge in [-0.2, -0.15) is 11.8 Å². The van der Waals surface area contributed by atoms with Gasteiger partial charge in [0.1, 0.15) is 30.2 Å². The standard InChI is InChI=1S/C35H54N10O7S/c1-35(2)51-29-22(50-33(30(29)52-35)45-20-42-28-31(36)40-19-41-32(28)45)17-39-26(48)13-6-4-10-15-37-24(46)12-5-3-9-16-38-25(47)14-8-7-11-23-27-21(18-53-23)43-34(49)44-27/h19-23,27,29-30,33H,3-18H2,1-2H3,(H,37,46)(H,38,47)(H,39,48)(H2,36,40,41)(H2,43,44,49)/t21-,22?,23-,27-,29+,30+,33+/m0/s1. The predicted molar refractivity (Wildman–Crippen MR) is 197 cm³/mol. The SMILES string of the molecule is CC1(C)O[C@@H]2[C@H](O1)C(CNC(=O)CCCCCNC(=O)CCCCCNC(=O)CCCC[C@@H]1SC[C@@H]3NC(=O)N[C@@H]31)O[C@H]2n1cnc2c(N)ncnc21. The number of carbonyl (C=O) groups excluding carboxylic acids is 4. The van der Waals surface area contributed by atoms with E-state index in [0.717, 1.165) is 57.1 Å². The van der Waals surface area contributed by atoms with Crippen LogP contribution >= 0.6 is 11.8 Å². The van der Waals surface area contributed by atoms with Crippen molar-refractivity contribution in [2.75, 3.05) is 31.1 Å². The molecule has 4 aliphatic rings. The number of hydrogen-bond donors (Lipinski definition) is 6. The van der Waals surface area contributed by atoms with Crippen LogP contribution in [0.2, 0.25) is 0 Å². The van der Waals surface area contributed by atoms with Crippen LogP contribution in [-0.2, 0) is 28.6 Å². The van der Waals surface area contributed by atoms with Crippen molar-refractivity contribution >= 4 is 52.5 Å². The first-order valence-corrected chi connectivity index (χ1v) is 20.1. The molecule has 6 rings (SSSR count). The summed E-state index contributed by atoms with van der Waals surface area (Å²) in [5, 5.41) is 15.3. The summed E-state index contributed by atoms with van der Waals surface area (Å²) in [6.07, 6.45) is 10.2. The lowest BCUT2D eigenvalue weighted by atomic mass is 10.0.